The smallest absolute Gasteiger partial charge is 0.145 e. The van der Waals surface area contributed by atoms with Crippen LogP contribution in [0.25, 0.3) is 5.69 Å². The van der Waals surface area contributed by atoms with Crippen LogP contribution in [0.5, 0.6) is 0 Å². The summed E-state index contributed by atoms with van der Waals surface area (Å²) in [6.45, 7) is 0. The second kappa shape index (κ2) is 4.73. The summed E-state index contributed by atoms with van der Waals surface area (Å²) in [4.78, 5) is 4.07. The van der Waals surface area contributed by atoms with Crippen molar-refractivity contribution in [1.29, 1.82) is 5.26 Å². The van der Waals surface area contributed by atoms with Crippen LogP contribution in [0, 0.1) is 11.3 Å². The third kappa shape index (κ3) is 1.95. The molecule has 1 fully saturated rings. The molecule has 0 radical (unpaired) electrons. The Labute approximate surface area is 111 Å². The van der Waals surface area contributed by atoms with E-state index >= 15 is 0 Å². The Balaban J connectivity index is 2.10. The summed E-state index contributed by atoms with van der Waals surface area (Å²) in [7, 11) is 0. The van der Waals surface area contributed by atoms with E-state index in [1.54, 1.807) is 17.1 Å². The number of hydrogen-bond acceptors (Lipinski definition) is 4. The molecule has 0 saturated heterocycles. The molecule has 3 rings (SSSR count). The lowest BCUT2D eigenvalue weighted by Gasteiger charge is -2.04. The monoisotopic (exact) mass is 253 g/mol. The molecule has 1 saturated carbocycles. The summed E-state index contributed by atoms with van der Waals surface area (Å²) >= 11 is 0. The van der Waals surface area contributed by atoms with E-state index in [0.29, 0.717) is 17.3 Å². The molecule has 0 aliphatic heterocycles. The van der Waals surface area contributed by atoms with Gasteiger partial charge in [-0.25, -0.2) is 4.68 Å². The van der Waals surface area contributed by atoms with Crippen molar-refractivity contribution in [3.63, 3.8) is 0 Å². The molecule has 5 nitrogen and oxygen atoms in total. The minimum absolute atomic E-state index is 0.370. The predicted octanol–water partition coefficient (Wildman–Crippen LogP) is 2.38. The maximum Gasteiger partial charge on any atom is 0.145 e. The number of nitrogen functional groups attached to an aromatic ring is 1. The van der Waals surface area contributed by atoms with Gasteiger partial charge in [0, 0.05) is 12.1 Å². The number of pyridine rings is 1. The standard InChI is InChI=1S/C14H15N5/c15-8-12-13(10-4-1-2-5-10)18-19(14(12)16)11-6-3-7-17-9-11/h3,6-7,9-10H,1-2,4-5,16H2. The zero-order chi connectivity index (χ0) is 13.2. The molecule has 0 bridgehead atoms. The first-order valence-electron chi connectivity index (χ1n) is 6.50. The Morgan fingerprint density at radius 2 is 2.16 bits per heavy atom. The van der Waals surface area contributed by atoms with Crippen LogP contribution in [0.2, 0.25) is 0 Å². The molecule has 19 heavy (non-hydrogen) atoms. The van der Waals surface area contributed by atoms with E-state index in [9.17, 15) is 5.26 Å². The fourth-order valence-corrected chi connectivity index (χ4v) is 2.72. The molecule has 1 aliphatic carbocycles. The number of hydrogen-bond donors (Lipinski definition) is 1. The average Bonchev–Trinajstić information content (AvgIpc) is 3.07. The van der Waals surface area contributed by atoms with Crippen molar-refractivity contribution in [3.05, 3.63) is 35.8 Å². The van der Waals surface area contributed by atoms with Gasteiger partial charge in [-0.2, -0.15) is 10.4 Å². The van der Waals surface area contributed by atoms with E-state index < -0.39 is 0 Å². The Bertz CT molecular complexity index is 617. The van der Waals surface area contributed by atoms with Gasteiger partial charge < -0.3 is 5.73 Å². The van der Waals surface area contributed by atoms with Gasteiger partial charge in [0.05, 0.1) is 17.6 Å². The normalized spacial score (nSPS) is 15.5. The van der Waals surface area contributed by atoms with E-state index in [0.717, 1.165) is 24.2 Å². The van der Waals surface area contributed by atoms with Gasteiger partial charge >= 0.3 is 0 Å². The first kappa shape index (κ1) is 11.7. The Morgan fingerprint density at radius 1 is 1.37 bits per heavy atom. The highest BCUT2D eigenvalue weighted by Gasteiger charge is 2.26. The number of anilines is 1. The molecule has 96 valence electrons. The number of nitrogens with zero attached hydrogens (tertiary/aromatic N) is 4. The van der Waals surface area contributed by atoms with Gasteiger partial charge in [0.2, 0.25) is 0 Å². The van der Waals surface area contributed by atoms with Gasteiger partial charge in [0.1, 0.15) is 17.5 Å². The molecule has 0 amide bonds. The second-order valence-electron chi connectivity index (χ2n) is 4.86. The summed E-state index contributed by atoms with van der Waals surface area (Å²) in [5.74, 6) is 0.785. The highest BCUT2D eigenvalue weighted by Crippen LogP contribution is 2.36. The van der Waals surface area contributed by atoms with E-state index in [-0.39, 0.29) is 0 Å². The maximum absolute atomic E-state index is 9.32. The summed E-state index contributed by atoms with van der Waals surface area (Å²) in [6.07, 6.45) is 8.00. The molecule has 1 aliphatic rings. The van der Waals surface area contributed by atoms with Gasteiger partial charge in [-0.05, 0) is 25.0 Å². The van der Waals surface area contributed by atoms with Crippen LogP contribution in [0.4, 0.5) is 5.82 Å². The third-order valence-electron chi connectivity index (χ3n) is 3.69. The third-order valence-corrected chi connectivity index (χ3v) is 3.69. The Kier molecular flexibility index (Phi) is 2.92. The molecular weight excluding hydrogens is 238 g/mol. The summed E-state index contributed by atoms with van der Waals surface area (Å²) in [5.41, 5.74) is 8.23. The quantitative estimate of drug-likeness (QED) is 0.891. The minimum atomic E-state index is 0.370. The summed E-state index contributed by atoms with van der Waals surface area (Å²) in [6, 6.07) is 5.92. The lowest BCUT2D eigenvalue weighted by atomic mass is 10.0. The van der Waals surface area contributed by atoms with Crippen LogP contribution in [0.3, 0.4) is 0 Å². The fourth-order valence-electron chi connectivity index (χ4n) is 2.72. The molecule has 0 spiro atoms. The Hall–Kier alpha value is -2.35. The fraction of sp³-hybridized carbons (Fsp3) is 0.357. The molecule has 0 unspecified atom stereocenters. The Morgan fingerprint density at radius 3 is 2.79 bits per heavy atom. The first-order chi connectivity index (χ1) is 9.31. The van der Waals surface area contributed by atoms with Gasteiger partial charge in [-0.15, -0.1) is 0 Å². The van der Waals surface area contributed by atoms with Crippen LogP contribution >= 0.6 is 0 Å². The van der Waals surface area contributed by atoms with Crippen molar-refractivity contribution in [2.45, 2.75) is 31.6 Å². The molecule has 5 heteroatoms. The van der Waals surface area contributed by atoms with Crippen LogP contribution in [-0.2, 0) is 0 Å². The molecule has 2 N–H and O–H groups in total. The number of aromatic nitrogens is 3. The number of nitriles is 1. The van der Waals surface area contributed by atoms with Crippen LogP contribution < -0.4 is 5.73 Å². The molecule has 0 atom stereocenters. The zero-order valence-electron chi connectivity index (χ0n) is 10.6. The lowest BCUT2D eigenvalue weighted by molar-refractivity contribution is 0.677. The topological polar surface area (TPSA) is 80.5 Å². The van der Waals surface area contributed by atoms with Gasteiger partial charge in [0.25, 0.3) is 0 Å². The first-order valence-corrected chi connectivity index (χ1v) is 6.50. The molecule has 2 aromatic heterocycles. The van der Waals surface area contributed by atoms with E-state index in [1.165, 1.54) is 12.8 Å². The van der Waals surface area contributed by atoms with E-state index in [2.05, 4.69) is 16.2 Å². The van der Waals surface area contributed by atoms with Crippen molar-refractivity contribution in [3.8, 4) is 11.8 Å². The van der Waals surface area contributed by atoms with Crippen molar-refractivity contribution in [2.75, 3.05) is 5.73 Å². The maximum atomic E-state index is 9.32. The van der Waals surface area contributed by atoms with Crippen molar-refractivity contribution >= 4 is 5.82 Å². The summed E-state index contributed by atoms with van der Waals surface area (Å²) in [5, 5.41) is 13.9. The molecule has 2 aromatic rings. The molecule has 2 heterocycles. The largest absolute Gasteiger partial charge is 0.382 e. The number of nitrogens with two attached hydrogens (primary N) is 1. The van der Waals surface area contributed by atoms with Crippen LogP contribution in [-0.4, -0.2) is 14.8 Å². The minimum Gasteiger partial charge on any atom is -0.382 e. The van der Waals surface area contributed by atoms with Crippen LogP contribution in [0.1, 0.15) is 42.9 Å². The molecular formula is C14H15N5. The van der Waals surface area contributed by atoms with Crippen LogP contribution in [0.15, 0.2) is 24.5 Å². The van der Waals surface area contributed by atoms with Gasteiger partial charge in [-0.3, -0.25) is 4.98 Å². The SMILES string of the molecule is N#Cc1c(C2CCCC2)nn(-c2cccnc2)c1N. The average molecular weight is 253 g/mol. The highest BCUT2D eigenvalue weighted by atomic mass is 15.3. The van der Waals surface area contributed by atoms with Crippen molar-refractivity contribution in [1.82, 2.24) is 14.8 Å². The number of rotatable bonds is 2. The predicted molar refractivity (Wildman–Crippen MR) is 71.7 cm³/mol. The zero-order valence-corrected chi connectivity index (χ0v) is 10.6. The highest BCUT2D eigenvalue weighted by molar-refractivity contribution is 5.56. The van der Waals surface area contributed by atoms with E-state index in [1.807, 2.05) is 12.1 Å². The van der Waals surface area contributed by atoms with E-state index in [4.69, 9.17) is 5.73 Å². The van der Waals surface area contributed by atoms with Gasteiger partial charge in [-0.1, -0.05) is 12.8 Å². The van der Waals surface area contributed by atoms with Gasteiger partial charge in [0.15, 0.2) is 0 Å². The molecule has 0 aromatic carbocycles. The van der Waals surface area contributed by atoms with Crippen molar-refractivity contribution in [2.24, 2.45) is 0 Å². The lowest BCUT2D eigenvalue weighted by Crippen LogP contribution is -2.02. The second-order valence-corrected chi connectivity index (χ2v) is 4.86. The van der Waals surface area contributed by atoms with Crippen molar-refractivity contribution < 1.29 is 0 Å². The summed E-state index contributed by atoms with van der Waals surface area (Å²) < 4.78 is 1.62.